The summed E-state index contributed by atoms with van der Waals surface area (Å²) in [4.78, 5) is 13.7. The molecule has 2 aromatic heterocycles. The van der Waals surface area contributed by atoms with Gasteiger partial charge < -0.3 is 10.0 Å². The van der Waals surface area contributed by atoms with E-state index in [0.29, 0.717) is 6.54 Å². The molecule has 0 spiro atoms. The molecule has 9 heteroatoms. The highest BCUT2D eigenvalue weighted by Crippen LogP contribution is 2.27. The lowest BCUT2D eigenvalue weighted by molar-refractivity contribution is 0.0577. The summed E-state index contributed by atoms with van der Waals surface area (Å²) in [5.74, 6) is 0.574. The number of hydrogen-bond acceptors (Lipinski definition) is 6. The first-order valence-corrected chi connectivity index (χ1v) is 10.2. The molecule has 0 aliphatic carbocycles. The fourth-order valence-electron chi connectivity index (χ4n) is 3.72. The SMILES string of the molecule is CC(C)(O)Cn1cc(CN2CCN(c3nccnc3-c3ccc(F)cc3)CC2)cn1.Cl. The molecule has 4 rings (SSSR count). The van der Waals surface area contributed by atoms with Crippen molar-refractivity contribution in [2.75, 3.05) is 31.1 Å². The second-order valence-corrected chi connectivity index (χ2v) is 8.36. The Labute approximate surface area is 188 Å². The van der Waals surface area contributed by atoms with E-state index in [1.165, 1.54) is 12.1 Å². The Hall–Kier alpha value is -2.55. The van der Waals surface area contributed by atoms with Crippen LogP contribution in [0.5, 0.6) is 0 Å². The summed E-state index contributed by atoms with van der Waals surface area (Å²) in [5.41, 5.74) is 1.99. The van der Waals surface area contributed by atoms with E-state index in [1.54, 1.807) is 43.1 Å². The maximum atomic E-state index is 13.3. The molecule has 1 aliphatic heterocycles. The molecule has 0 amide bonds. The minimum atomic E-state index is -0.784. The Kier molecular flexibility index (Phi) is 7.25. The van der Waals surface area contributed by atoms with Crippen molar-refractivity contribution in [3.8, 4) is 11.3 Å². The summed E-state index contributed by atoms with van der Waals surface area (Å²) in [6.45, 7) is 8.33. The van der Waals surface area contributed by atoms with E-state index >= 15 is 0 Å². The van der Waals surface area contributed by atoms with Crippen LogP contribution < -0.4 is 4.90 Å². The maximum Gasteiger partial charge on any atom is 0.155 e. The lowest BCUT2D eigenvalue weighted by Gasteiger charge is -2.35. The second kappa shape index (κ2) is 9.72. The highest BCUT2D eigenvalue weighted by Gasteiger charge is 2.22. The smallest absolute Gasteiger partial charge is 0.155 e. The number of piperazine rings is 1. The summed E-state index contributed by atoms with van der Waals surface area (Å²) < 4.78 is 15.1. The van der Waals surface area contributed by atoms with Crippen LogP contribution in [0.2, 0.25) is 0 Å². The number of aromatic nitrogens is 4. The Bertz CT molecular complexity index is 980. The molecule has 1 fully saturated rings. The van der Waals surface area contributed by atoms with Gasteiger partial charge in [0.15, 0.2) is 5.82 Å². The van der Waals surface area contributed by atoms with Crippen molar-refractivity contribution in [1.82, 2.24) is 24.6 Å². The number of benzene rings is 1. The second-order valence-electron chi connectivity index (χ2n) is 8.36. The van der Waals surface area contributed by atoms with Gasteiger partial charge in [-0.25, -0.2) is 9.37 Å². The van der Waals surface area contributed by atoms with Crippen molar-refractivity contribution in [3.63, 3.8) is 0 Å². The standard InChI is InChI=1S/C22H27FN6O.ClH/c1-22(2,30)16-29-15-17(13-26-29)14-27-9-11-28(12-10-27)21-20(24-7-8-25-21)18-3-5-19(23)6-4-18;/h3-8,13,15,30H,9-12,14,16H2,1-2H3;1H. The molecule has 1 aromatic carbocycles. The van der Waals surface area contributed by atoms with Gasteiger partial charge in [0.1, 0.15) is 11.5 Å². The first-order valence-electron chi connectivity index (χ1n) is 10.2. The number of hydrogen-bond donors (Lipinski definition) is 1. The Morgan fingerprint density at radius 3 is 2.39 bits per heavy atom. The van der Waals surface area contributed by atoms with Crippen LogP contribution in [0.4, 0.5) is 10.2 Å². The molecule has 1 aliphatic rings. The van der Waals surface area contributed by atoms with Gasteiger partial charge in [-0.2, -0.15) is 5.10 Å². The van der Waals surface area contributed by atoms with Crippen molar-refractivity contribution < 1.29 is 9.50 Å². The normalized spacial score (nSPS) is 15.0. The summed E-state index contributed by atoms with van der Waals surface area (Å²) in [6.07, 6.45) is 7.24. The molecule has 3 heterocycles. The first-order chi connectivity index (χ1) is 14.4. The average molecular weight is 447 g/mol. The first kappa shape index (κ1) is 23.1. The molecule has 0 saturated carbocycles. The van der Waals surface area contributed by atoms with Crippen molar-refractivity contribution in [2.45, 2.75) is 32.5 Å². The summed E-state index contributed by atoms with van der Waals surface area (Å²) in [5, 5.41) is 14.3. The molecule has 7 nitrogen and oxygen atoms in total. The van der Waals surface area contributed by atoms with Crippen molar-refractivity contribution in [2.24, 2.45) is 0 Å². The summed E-state index contributed by atoms with van der Waals surface area (Å²) >= 11 is 0. The van der Waals surface area contributed by atoms with E-state index in [2.05, 4.69) is 24.9 Å². The average Bonchev–Trinajstić information content (AvgIpc) is 3.14. The lowest BCUT2D eigenvalue weighted by Crippen LogP contribution is -2.46. The largest absolute Gasteiger partial charge is 0.389 e. The number of rotatable bonds is 6. The minimum Gasteiger partial charge on any atom is -0.389 e. The zero-order chi connectivity index (χ0) is 21.1. The third kappa shape index (κ3) is 6.00. The highest BCUT2D eigenvalue weighted by molar-refractivity contribution is 5.85. The summed E-state index contributed by atoms with van der Waals surface area (Å²) in [7, 11) is 0. The third-order valence-electron chi connectivity index (χ3n) is 5.11. The molecule has 1 N–H and O–H groups in total. The fourth-order valence-corrected chi connectivity index (χ4v) is 3.72. The van der Waals surface area contributed by atoms with E-state index in [1.807, 2.05) is 12.4 Å². The monoisotopic (exact) mass is 446 g/mol. The molecule has 1 saturated heterocycles. The number of nitrogens with zero attached hydrogens (tertiary/aromatic N) is 6. The van der Waals surface area contributed by atoms with E-state index in [0.717, 1.165) is 55.4 Å². The van der Waals surface area contributed by atoms with E-state index in [4.69, 9.17) is 0 Å². The van der Waals surface area contributed by atoms with Crippen molar-refractivity contribution in [3.05, 3.63) is 60.4 Å². The van der Waals surface area contributed by atoms with Gasteiger partial charge in [-0.05, 0) is 38.1 Å². The maximum absolute atomic E-state index is 13.3. The van der Waals surface area contributed by atoms with Gasteiger partial charge in [-0.1, -0.05) is 0 Å². The molecule has 31 heavy (non-hydrogen) atoms. The van der Waals surface area contributed by atoms with Crippen molar-refractivity contribution in [1.29, 1.82) is 0 Å². The predicted molar refractivity (Wildman–Crippen MR) is 121 cm³/mol. The molecular formula is C22H28ClFN6O. The van der Waals surface area contributed by atoms with Gasteiger partial charge in [0.25, 0.3) is 0 Å². The number of anilines is 1. The molecule has 0 atom stereocenters. The third-order valence-corrected chi connectivity index (χ3v) is 5.11. The van der Waals surface area contributed by atoms with Gasteiger partial charge in [0.2, 0.25) is 0 Å². The minimum absolute atomic E-state index is 0. The van der Waals surface area contributed by atoms with Crippen LogP contribution >= 0.6 is 12.4 Å². The van der Waals surface area contributed by atoms with Gasteiger partial charge in [0, 0.05) is 62.4 Å². The van der Waals surface area contributed by atoms with Crippen LogP contribution in [-0.4, -0.2) is 61.5 Å². The Morgan fingerprint density at radius 2 is 1.71 bits per heavy atom. The van der Waals surface area contributed by atoms with Crippen LogP contribution in [0, 0.1) is 5.82 Å². The van der Waals surface area contributed by atoms with Gasteiger partial charge in [0.05, 0.1) is 18.3 Å². The summed E-state index contributed by atoms with van der Waals surface area (Å²) in [6, 6.07) is 6.38. The Morgan fingerprint density at radius 1 is 1.03 bits per heavy atom. The van der Waals surface area contributed by atoms with Crippen LogP contribution in [0.3, 0.4) is 0 Å². The molecule has 166 valence electrons. The van der Waals surface area contributed by atoms with Crippen LogP contribution in [0.1, 0.15) is 19.4 Å². The van der Waals surface area contributed by atoms with Crippen LogP contribution in [0.25, 0.3) is 11.3 Å². The van der Waals surface area contributed by atoms with E-state index in [9.17, 15) is 9.50 Å². The van der Waals surface area contributed by atoms with Gasteiger partial charge >= 0.3 is 0 Å². The van der Waals surface area contributed by atoms with Crippen LogP contribution in [-0.2, 0) is 13.1 Å². The molecule has 0 bridgehead atoms. The highest BCUT2D eigenvalue weighted by atomic mass is 35.5. The predicted octanol–water partition coefficient (Wildman–Crippen LogP) is 2.99. The van der Waals surface area contributed by atoms with E-state index < -0.39 is 5.60 Å². The number of aliphatic hydroxyl groups is 1. The lowest BCUT2D eigenvalue weighted by atomic mass is 10.1. The Balaban J connectivity index is 0.00000272. The quantitative estimate of drug-likeness (QED) is 0.627. The zero-order valence-corrected chi connectivity index (χ0v) is 18.6. The zero-order valence-electron chi connectivity index (χ0n) is 17.8. The van der Waals surface area contributed by atoms with E-state index in [-0.39, 0.29) is 18.2 Å². The van der Waals surface area contributed by atoms with Gasteiger partial charge in [-0.3, -0.25) is 14.6 Å². The fraction of sp³-hybridized carbons (Fsp3) is 0.409. The topological polar surface area (TPSA) is 70.3 Å². The van der Waals surface area contributed by atoms with Crippen molar-refractivity contribution >= 4 is 18.2 Å². The molecule has 0 unspecified atom stereocenters. The molecule has 3 aromatic rings. The van der Waals surface area contributed by atoms with Gasteiger partial charge in [-0.15, -0.1) is 12.4 Å². The van der Waals surface area contributed by atoms with Crippen LogP contribution in [0.15, 0.2) is 49.1 Å². The molecule has 0 radical (unpaired) electrons. The molecular weight excluding hydrogens is 419 g/mol. The number of halogens is 2.